The van der Waals surface area contributed by atoms with Crippen molar-refractivity contribution in [2.45, 2.75) is 19.6 Å². The molecular weight excluding hydrogens is 242 g/mol. The van der Waals surface area contributed by atoms with Crippen LogP contribution in [0.5, 0.6) is 0 Å². The molecule has 0 amide bonds. The maximum Gasteiger partial charge on any atom is 0.200 e. The maximum absolute atomic E-state index is 5.47. The van der Waals surface area contributed by atoms with Gasteiger partial charge in [-0.25, -0.2) is 0 Å². The highest BCUT2D eigenvalue weighted by atomic mass is 16.5. The smallest absolute Gasteiger partial charge is 0.200 e. The van der Waals surface area contributed by atoms with Gasteiger partial charge >= 0.3 is 0 Å². The summed E-state index contributed by atoms with van der Waals surface area (Å²) in [6.07, 6.45) is 0.965. The third kappa shape index (κ3) is 5.15. The lowest BCUT2D eigenvalue weighted by Crippen LogP contribution is -2.16. The lowest BCUT2D eigenvalue weighted by atomic mass is 10.2. The fourth-order valence-electron chi connectivity index (χ4n) is 1.67. The number of aromatic nitrogens is 4. The first kappa shape index (κ1) is 13.6. The van der Waals surface area contributed by atoms with E-state index in [2.05, 4.69) is 32.9 Å². The second-order valence-corrected chi connectivity index (χ2v) is 4.26. The average molecular weight is 261 g/mol. The summed E-state index contributed by atoms with van der Waals surface area (Å²) in [4.78, 5) is 1.43. The van der Waals surface area contributed by atoms with Gasteiger partial charge in [0.2, 0.25) is 0 Å². The van der Waals surface area contributed by atoms with Gasteiger partial charge in [-0.3, -0.25) is 0 Å². The van der Waals surface area contributed by atoms with Gasteiger partial charge in [0.25, 0.3) is 0 Å². The molecule has 1 aromatic carbocycles. The van der Waals surface area contributed by atoms with E-state index >= 15 is 0 Å². The van der Waals surface area contributed by atoms with Crippen LogP contribution >= 0.6 is 0 Å². The molecule has 0 bridgehead atoms. The van der Waals surface area contributed by atoms with Gasteiger partial charge < -0.3 is 10.1 Å². The molecule has 1 heterocycles. The van der Waals surface area contributed by atoms with Crippen molar-refractivity contribution >= 4 is 0 Å². The Kier molecular flexibility index (Phi) is 5.46. The molecule has 0 fully saturated rings. The number of hydrogen-bond donors (Lipinski definition) is 1. The van der Waals surface area contributed by atoms with Crippen molar-refractivity contribution in [3.8, 4) is 0 Å². The van der Waals surface area contributed by atoms with E-state index in [1.807, 2.05) is 18.2 Å². The van der Waals surface area contributed by atoms with E-state index in [0.717, 1.165) is 19.5 Å². The molecule has 2 aromatic rings. The highest BCUT2D eigenvalue weighted by Crippen LogP contribution is 1.97. The summed E-state index contributed by atoms with van der Waals surface area (Å²) in [5.74, 6) is 0.625. The Labute approximate surface area is 112 Å². The zero-order chi connectivity index (χ0) is 13.3. The van der Waals surface area contributed by atoms with Crippen LogP contribution in [0.4, 0.5) is 0 Å². The van der Waals surface area contributed by atoms with Crippen LogP contribution in [-0.4, -0.2) is 33.4 Å². The number of hydrogen-bond acceptors (Lipinski definition) is 5. The molecule has 0 aliphatic heterocycles. The van der Waals surface area contributed by atoms with Crippen molar-refractivity contribution in [1.29, 1.82) is 0 Å². The summed E-state index contributed by atoms with van der Waals surface area (Å²) in [5, 5.41) is 15.0. The first-order valence-corrected chi connectivity index (χ1v) is 6.40. The average Bonchev–Trinajstić information content (AvgIpc) is 2.85. The number of aryl methyl sites for hydroxylation is 1. The number of rotatable bonds is 8. The van der Waals surface area contributed by atoms with Gasteiger partial charge in [0.15, 0.2) is 5.82 Å². The summed E-state index contributed by atoms with van der Waals surface area (Å²) in [6.45, 7) is 2.95. The molecule has 6 heteroatoms. The first-order chi connectivity index (χ1) is 9.34. The largest absolute Gasteiger partial charge is 0.373 e. The Morgan fingerprint density at radius 2 is 2.11 bits per heavy atom. The van der Waals surface area contributed by atoms with E-state index in [0.29, 0.717) is 19.0 Å². The summed E-state index contributed by atoms with van der Waals surface area (Å²) in [5.41, 5.74) is 1.30. The minimum absolute atomic E-state index is 0.423. The van der Waals surface area contributed by atoms with Crippen molar-refractivity contribution in [2.75, 3.05) is 13.2 Å². The van der Waals surface area contributed by atoms with Crippen molar-refractivity contribution in [1.82, 2.24) is 25.5 Å². The maximum atomic E-state index is 5.47. The Balaban J connectivity index is 1.48. The van der Waals surface area contributed by atoms with E-state index in [1.54, 1.807) is 7.05 Å². The molecule has 0 spiro atoms. The van der Waals surface area contributed by atoms with Crippen LogP contribution in [0.2, 0.25) is 0 Å². The highest BCUT2D eigenvalue weighted by molar-refractivity contribution is 5.14. The van der Waals surface area contributed by atoms with Gasteiger partial charge in [0, 0.05) is 13.2 Å². The molecule has 102 valence electrons. The van der Waals surface area contributed by atoms with Gasteiger partial charge in [0.1, 0.15) is 6.61 Å². The fourth-order valence-corrected chi connectivity index (χ4v) is 1.67. The second kappa shape index (κ2) is 7.60. The molecule has 2 rings (SSSR count). The molecule has 0 unspecified atom stereocenters. The summed E-state index contributed by atoms with van der Waals surface area (Å²) >= 11 is 0. The number of ether oxygens (including phenoxy) is 1. The molecule has 0 saturated carbocycles. The second-order valence-electron chi connectivity index (χ2n) is 4.26. The third-order valence-corrected chi connectivity index (χ3v) is 2.60. The standard InChI is InChI=1S/C13H19N5O/c1-18-16-13(15-17-18)11-19-9-5-8-14-10-12-6-3-2-4-7-12/h2-4,6-7,14H,5,8-11H2,1H3. The number of tetrazole rings is 1. The molecule has 0 aliphatic rings. The summed E-state index contributed by atoms with van der Waals surface area (Å²) < 4.78 is 5.47. The van der Waals surface area contributed by atoms with Gasteiger partial charge in [-0.05, 0) is 23.7 Å². The Morgan fingerprint density at radius 1 is 1.26 bits per heavy atom. The van der Waals surface area contributed by atoms with Crippen LogP contribution < -0.4 is 5.32 Å². The van der Waals surface area contributed by atoms with Crippen molar-refractivity contribution in [3.63, 3.8) is 0 Å². The van der Waals surface area contributed by atoms with Crippen molar-refractivity contribution < 1.29 is 4.74 Å². The zero-order valence-electron chi connectivity index (χ0n) is 11.1. The topological polar surface area (TPSA) is 64.9 Å². The minimum Gasteiger partial charge on any atom is -0.373 e. The molecule has 6 nitrogen and oxygen atoms in total. The van der Waals surface area contributed by atoms with Crippen LogP contribution in [0.3, 0.4) is 0 Å². The highest BCUT2D eigenvalue weighted by Gasteiger charge is 1.99. The van der Waals surface area contributed by atoms with Crippen molar-refractivity contribution in [3.05, 3.63) is 41.7 Å². The molecule has 1 aromatic heterocycles. The zero-order valence-corrected chi connectivity index (χ0v) is 11.1. The summed E-state index contributed by atoms with van der Waals surface area (Å²) in [6, 6.07) is 10.4. The molecular formula is C13H19N5O. The lowest BCUT2D eigenvalue weighted by Gasteiger charge is -2.05. The van der Waals surface area contributed by atoms with E-state index in [-0.39, 0.29) is 0 Å². The van der Waals surface area contributed by atoms with Crippen molar-refractivity contribution in [2.24, 2.45) is 7.05 Å². The number of nitrogens with zero attached hydrogens (tertiary/aromatic N) is 4. The fraction of sp³-hybridized carbons (Fsp3) is 0.462. The molecule has 0 radical (unpaired) electrons. The van der Waals surface area contributed by atoms with E-state index in [9.17, 15) is 0 Å². The number of nitrogens with one attached hydrogen (secondary N) is 1. The lowest BCUT2D eigenvalue weighted by molar-refractivity contribution is 0.113. The quantitative estimate of drug-likeness (QED) is 0.715. The van der Waals surface area contributed by atoms with Crippen LogP contribution in [0, 0.1) is 0 Å². The van der Waals surface area contributed by atoms with E-state index in [4.69, 9.17) is 4.74 Å². The third-order valence-electron chi connectivity index (χ3n) is 2.60. The normalized spacial score (nSPS) is 10.8. The van der Waals surface area contributed by atoms with Crippen LogP contribution in [-0.2, 0) is 24.9 Å². The minimum atomic E-state index is 0.423. The molecule has 0 aliphatic carbocycles. The predicted molar refractivity (Wildman–Crippen MR) is 71.2 cm³/mol. The predicted octanol–water partition coefficient (Wildman–Crippen LogP) is 0.907. The SMILES string of the molecule is Cn1nnc(COCCCNCc2ccccc2)n1. The van der Waals surface area contributed by atoms with Crippen LogP contribution in [0.15, 0.2) is 30.3 Å². The molecule has 0 saturated heterocycles. The van der Waals surface area contributed by atoms with Crippen LogP contribution in [0.1, 0.15) is 17.8 Å². The van der Waals surface area contributed by atoms with Gasteiger partial charge in [-0.1, -0.05) is 30.3 Å². The van der Waals surface area contributed by atoms with E-state index in [1.165, 1.54) is 10.4 Å². The first-order valence-electron chi connectivity index (χ1n) is 6.40. The van der Waals surface area contributed by atoms with Gasteiger partial charge in [-0.15, -0.1) is 10.2 Å². The number of benzene rings is 1. The molecule has 1 N–H and O–H groups in total. The Morgan fingerprint density at radius 3 is 2.84 bits per heavy atom. The van der Waals surface area contributed by atoms with Gasteiger partial charge in [0.05, 0.1) is 7.05 Å². The van der Waals surface area contributed by atoms with E-state index < -0.39 is 0 Å². The van der Waals surface area contributed by atoms with Crippen LogP contribution in [0.25, 0.3) is 0 Å². The van der Waals surface area contributed by atoms with Gasteiger partial charge in [-0.2, -0.15) is 4.80 Å². The Bertz CT molecular complexity index is 471. The Hall–Kier alpha value is -1.79. The molecule has 19 heavy (non-hydrogen) atoms. The summed E-state index contributed by atoms with van der Waals surface area (Å²) in [7, 11) is 1.74. The molecule has 0 atom stereocenters. The monoisotopic (exact) mass is 261 g/mol.